The third-order valence-corrected chi connectivity index (χ3v) is 3.37. The molecule has 1 unspecified atom stereocenters. The molecule has 102 valence electrons. The van der Waals surface area contributed by atoms with Gasteiger partial charge in [-0.1, -0.05) is 0 Å². The van der Waals surface area contributed by atoms with E-state index in [1.165, 1.54) is 0 Å². The average Bonchev–Trinajstić information content (AvgIpc) is 2.89. The number of aromatic nitrogens is 1. The summed E-state index contributed by atoms with van der Waals surface area (Å²) < 4.78 is 27.1. The quantitative estimate of drug-likeness (QED) is 0.870. The van der Waals surface area contributed by atoms with Crippen molar-refractivity contribution in [3.8, 4) is 0 Å². The lowest BCUT2D eigenvalue weighted by Crippen LogP contribution is -2.11. The summed E-state index contributed by atoms with van der Waals surface area (Å²) in [5.41, 5.74) is 1.04. The van der Waals surface area contributed by atoms with Gasteiger partial charge in [0.2, 0.25) is 0 Å². The van der Waals surface area contributed by atoms with Crippen LogP contribution in [0.4, 0.5) is 20.4 Å². The van der Waals surface area contributed by atoms with Gasteiger partial charge in [-0.25, -0.2) is 13.8 Å². The molecule has 0 aromatic carbocycles. The van der Waals surface area contributed by atoms with E-state index in [0.717, 1.165) is 11.6 Å². The Morgan fingerprint density at radius 3 is 2.68 bits per heavy atom. The van der Waals surface area contributed by atoms with Crippen LogP contribution in [0.3, 0.4) is 0 Å². The molecule has 0 fully saturated rings. The molecular weight excluding hydrogens is 268 g/mol. The van der Waals surface area contributed by atoms with E-state index < -0.39 is 11.6 Å². The summed E-state index contributed by atoms with van der Waals surface area (Å²) in [6, 6.07) is 2.70. The minimum absolute atomic E-state index is 0.0519. The Hall–Kier alpha value is -1.69. The summed E-state index contributed by atoms with van der Waals surface area (Å²) >= 11 is 1.57. The van der Waals surface area contributed by atoms with Crippen LogP contribution < -0.4 is 10.6 Å². The van der Waals surface area contributed by atoms with E-state index in [9.17, 15) is 8.78 Å². The van der Waals surface area contributed by atoms with Gasteiger partial charge in [-0.05, 0) is 36.2 Å². The number of thiophene rings is 1. The molecule has 0 aliphatic carbocycles. The van der Waals surface area contributed by atoms with E-state index in [0.29, 0.717) is 6.54 Å². The summed E-state index contributed by atoms with van der Waals surface area (Å²) in [5, 5.41) is 9.64. The third kappa shape index (κ3) is 3.20. The van der Waals surface area contributed by atoms with Crippen LogP contribution in [0.1, 0.15) is 25.5 Å². The van der Waals surface area contributed by atoms with Gasteiger partial charge in [0.25, 0.3) is 0 Å². The van der Waals surface area contributed by atoms with Crippen molar-refractivity contribution >= 4 is 23.0 Å². The largest absolute Gasteiger partial charge is 0.368 e. The first kappa shape index (κ1) is 13.7. The van der Waals surface area contributed by atoms with Gasteiger partial charge < -0.3 is 10.6 Å². The van der Waals surface area contributed by atoms with Crippen molar-refractivity contribution in [2.45, 2.75) is 19.9 Å². The maximum absolute atomic E-state index is 13.7. The minimum Gasteiger partial charge on any atom is -0.368 e. The predicted octanol–water partition coefficient (Wildman–Crippen LogP) is 4.03. The first-order valence-electron chi connectivity index (χ1n) is 6.00. The zero-order chi connectivity index (χ0) is 13.8. The smallest absolute Gasteiger partial charge is 0.168 e. The normalized spacial score (nSPS) is 12.2. The Morgan fingerprint density at radius 1 is 1.32 bits per heavy atom. The van der Waals surface area contributed by atoms with Crippen molar-refractivity contribution in [3.05, 3.63) is 40.1 Å². The van der Waals surface area contributed by atoms with Crippen LogP contribution in [-0.4, -0.2) is 11.5 Å². The molecule has 0 aliphatic rings. The van der Waals surface area contributed by atoms with Crippen molar-refractivity contribution < 1.29 is 8.78 Å². The van der Waals surface area contributed by atoms with E-state index in [1.54, 1.807) is 11.3 Å². The third-order valence-electron chi connectivity index (χ3n) is 2.67. The zero-order valence-electron chi connectivity index (χ0n) is 10.7. The summed E-state index contributed by atoms with van der Waals surface area (Å²) in [6.07, 6.45) is 0. The second kappa shape index (κ2) is 5.97. The fourth-order valence-corrected chi connectivity index (χ4v) is 2.42. The molecule has 0 radical (unpaired) electrons. The van der Waals surface area contributed by atoms with E-state index in [4.69, 9.17) is 0 Å². The summed E-state index contributed by atoms with van der Waals surface area (Å²) in [4.78, 5) is 3.94. The molecule has 0 saturated carbocycles. The van der Waals surface area contributed by atoms with Gasteiger partial charge in [-0.3, -0.25) is 0 Å². The Balaban J connectivity index is 2.22. The summed E-state index contributed by atoms with van der Waals surface area (Å²) in [5.74, 6) is -1.27. The van der Waals surface area contributed by atoms with Crippen molar-refractivity contribution in [3.63, 3.8) is 0 Å². The SMILES string of the molecule is CCNc1nc(NC(C)c2ccsc2)c(F)cc1F. The molecule has 19 heavy (non-hydrogen) atoms. The zero-order valence-corrected chi connectivity index (χ0v) is 11.5. The molecule has 2 aromatic rings. The molecule has 0 saturated heterocycles. The first-order valence-corrected chi connectivity index (χ1v) is 6.94. The lowest BCUT2D eigenvalue weighted by atomic mass is 10.2. The number of rotatable bonds is 5. The minimum atomic E-state index is -0.693. The maximum atomic E-state index is 13.7. The maximum Gasteiger partial charge on any atom is 0.168 e. The van der Waals surface area contributed by atoms with Gasteiger partial charge in [0.1, 0.15) is 0 Å². The number of halogens is 2. The van der Waals surface area contributed by atoms with Crippen LogP contribution in [0.2, 0.25) is 0 Å². The molecule has 3 nitrogen and oxygen atoms in total. The van der Waals surface area contributed by atoms with E-state index >= 15 is 0 Å². The molecule has 2 N–H and O–H groups in total. The Morgan fingerprint density at radius 2 is 2.05 bits per heavy atom. The monoisotopic (exact) mass is 283 g/mol. The van der Waals surface area contributed by atoms with Gasteiger partial charge in [0.15, 0.2) is 23.3 Å². The molecule has 0 amide bonds. The van der Waals surface area contributed by atoms with Crippen LogP contribution in [0.5, 0.6) is 0 Å². The standard InChI is InChI=1S/C13H15F2N3S/c1-3-16-12-10(14)6-11(15)13(18-12)17-8(2)9-4-5-19-7-9/h4-8H,3H2,1-2H3,(H2,16,17,18). The number of anilines is 2. The highest BCUT2D eigenvalue weighted by Crippen LogP contribution is 2.24. The van der Waals surface area contributed by atoms with Crippen LogP contribution >= 0.6 is 11.3 Å². The lowest BCUT2D eigenvalue weighted by Gasteiger charge is -2.15. The molecule has 0 aliphatic heterocycles. The van der Waals surface area contributed by atoms with Crippen LogP contribution in [0.25, 0.3) is 0 Å². The molecule has 2 rings (SSSR count). The van der Waals surface area contributed by atoms with Crippen LogP contribution in [0.15, 0.2) is 22.9 Å². The van der Waals surface area contributed by atoms with Crippen molar-refractivity contribution in [1.82, 2.24) is 4.98 Å². The van der Waals surface area contributed by atoms with Crippen LogP contribution in [0, 0.1) is 11.6 Å². The topological polar surface area (TPSA) is 37.0 Å². The van der Waals surface area contributed by atoms with Gasteiger partial charge in [0, 0.05) is 12.6 Å². The molecule has 0 bridgehead atoms. The molecule has 0 spiro atoms. The summed E-state index contributed by atoms with van der Waals surface area (Å²) in [6.45, 7) is 4.25. The fraction of sp³-hybridized carbons (Fsp3) is 0.308. The number of nitrogens with zero attached hydrogens (tertiary/aromatic N) is 1. The van der Waals surface area contributed by atoms with Gasteiger partial charge in [0.05, 0.1) is 6.04 Å². The Kier molecular flexibility index (Phi) is 4.31. The highest BCUT2D eigenvalue weighted by molar-refractivity contribution is 7.07. The Labute approximate surface area is 114 Å². The summed E-state index contributed by atoms with van der Waals surface area (Å²) in [7, 11) is 0. The predicted molar refractivity (Wildman–Crippen MR) is 74.7 cm³/mol. The second-order valence-corrected chi connectivity index (χ2v) is 4.88. The number of nitrogens with one attached hydrogen (secondary N) is 2. The van der Waals surface area contributed by atoms with E-state index in [2.05, 4.69) is 15.6 Å². The first-order chi connectivity index (χ1) is 9.11. The van der Waals surface area contributed by atoms with Crippen molar-refractivity contribution in [2.75, 3.05) is 17.2 Å². The molecule has 1 atom stereocenters. The number of hydrogen-bond acceptors (Lipinski definition) is 4. The number of hydrogen-bond donors (Lipinski definition) is 2. The van der Waals surface area contributed by atoms with Crippen LogP contribution in [-0.2, 0) is 0 Å². The van der Waals surface area contributed by atoms with Gasteiger partial charge >= 0.3 is 0 Å². The molecule has 2 heterocycles. The highest BCUT2D eigenvalue weighted by Gasteiger charge is 2.14. The second-order valence-electron chi connectivity index (χ2n) is 4.10. The molecular formula is C13H15F2N3S. The van der Waals surface area contributed by atoms with Crippen molar-refractivity contribution in [1.29, 1.82) is 0 Å². The highest BCUT2D eigenvalue weighted by atomic mass is 32.1. The Bertz CT molecular complexity index is 543. The lowest BCUT2D eigenvalue weighted by molar-refractivity contribution is 0.576. The van der Waals surface area contributed by atoms with E-state index in [-0.39, 0.29) is 17.7 Å². The molecule has 6 heteroatoms. The van der Waals surface area contributed by atoms with Gasteiger partial charge in [-0.15, -0.1) is 0 Å². The van der Waals surface area contributed by atoms with Crippen molar-refractivity contribution in [2.24, 2.45) is 0 Å². The fourth-order valence-electron chi connectivity index (χ4n) is 1.67. The van der Waals surface area contributed by atoms with E-state index in [1.807, 2.05) is 30.7 Å². The number of pyridine rings is 1. The molecule has 2 aromatic heterocycles. The van der Waals surface area contributed by atoms with Gasteiger partial charge in [-0.2, -0.15) is 11.3 Å². The average molecular weight is 283 g/mol.